The van der Waals surface area contributed by atoms with Gasteiger partial charge in [0.2, 0.25) is 0 Å². The summed E-state index contributed by atoms with van der Waals surface area (Å²) >= 11 is 0. The smallest absolute Gasteiger partial charge is 0.291 e. The van der Waals surface area contributed by atoms with E-state index in [0.29, 0.717) is 17.2 Å². The van der Waals surface area contributed by atoms with Crippen LogP contribution in [0.3, 0.4) is 0 Å². The standard InChI is InChI=1S/C18H19N3O3/c1-11(2)23-17-14-6-4-5-7-15(14)20-16(17)18(22)21-19-10-13-9-8-12(3)24-13/h4-11,20H,1-3H3,(H,21,22). The van der Waals surface area contributed by atoms with Gasteiger partial charge in [-0.1, -0.05) is 12.1 Å². The Kier molecular flexibility index (Phi) is 4.37. The molecule has 0 atom stereocenters. The number of hydrogen-bond donors (Lipinski definition) is 2. The number of aryl methyl sites for hydroxylation is 1. The Morgan fingerprint density at radius 2 is 2.08 bits per heavy atom. The molecule has 6 heteroatoms. The highest BCUT2D eigenvalue weighted by molar-refractivity contribution is 6.03. The van der Waals surface area contributed by atoms with Crippen LogP contribution in [-0.2, 0) is 0 Å². The quantitative estimate of drug-likeness (QED) is 0.555. The molecule has 0 aliphatic carbocycles. The molecular formula is C18H19N3O3. The largest absolute Gasteiger partial charge is 0.488 e. The van der Waals surface area contributed by atoms with Gasteiger partial charge in [-0.25, -0.2) is 5.43 Å². The van der Waals surface area contributed by atoms with E-state index < -0.39 is 0 Å². The van der Waals surface area contributed by atoms with Crippen LogP contribution in [0.1, 0.15) is 35.9 Å². The molecule has 0 aliphatic rings. The molecule has 1 aromatic carbocycles. The maximum absolute atomic E-state index is 12.4. The molecule has 2 heterocycles. The fraction of sp³-hybridized carbons (Fsp3) is 0.222. The maximum Gasteiger partial charge on any atom is 0.291 e. The Labute approximate surface area is 139 Å². The van der Waals surface area contributed by atoms with Crippen molar-refractivity contribution in [1.29, 1.82) is 0 Å². The van der Waals surface area contributed by atoms with E-state index in [-0.39, 0.29) is 12.0 Å². The van der Waals surface area contributed by atoms with Crippen LogP contribution in [-0.4, -0.2) is 23.2 Å². The summed E-state index contributed by atoms with van der Waals surface area (Å²) < 4.78 is 11.2. The number of nitrogens with zero attached hydrogens (tertiary/aromatic N) is 1. The summed E-state index contributed by atoms with van der Waals surface area (Å²) in [6, 6.07) is 11.2. The summed E-state index contributed by atoms with van der Waals surface area (Å²) in [5.74, 6) is 1.51. The van der Waals surface area contributed by atoms with Gasteiger partial charge in [-0.05, 0) is 45.0 Å². The van der Waals surface area contributed by atoms with Crippen LogP contribution in [0, 0.1) is 6.92 Å². The van der Waals surface area contributed by atoms with Crippen molar-refractivity contribution in [1.82, 2.24) is 10.4 Å². The number of benzene rings is 1. The minimum absolute atomic E-state index is 0.0506. The maximum atomic E-state index is 12.4. The molecule has 6 nitrogen and oxygen atoms in total. The number of carbonyl (C=O) groups is 1. The van der Waals surface area contributed by atoms with Gasteiger partial charge in [-0.15, -0.1) is 0 Å². The fourth-order valence-electron chi connectivity index (χ4n) is 2.37. The number of aromatic amines is 1. The number of amides is 1. The predicted octanol–water partition coefficient (Wildman–Crippen LogP) is 3.62. The number of furan rings is 1. The lowest BCUT2D eigenvalue weighted by molar-refractivity contribution is 0.0945. The molecule has 0 bridgehead atoms. The van der Waals surface area contributed by atoms with Gasteiger partial charge in [-0.2, -0.15) is 5.10 Å². The van der Waals surface area contributed by atoms with Crippen LogP contribution >= 0.6 is 0 Å². The molecule has 2 aromatic heterocycles. The molecule has 0 saturated heterocycles. The summed E-state index contributed by atoms with van der Waals surface area (Å²) in [7, 11) is 0. The zero-order valence-electron chi connectivity index (χ0n) is 13.8. The van der Waals surface area contributed by atoms with Crippen molar-refractivity contribution in [3.8, 4) is 5.75 Å². The number of fused-ring (bicyclic) bond motifs is 1. The van der Waals surface area contributed by atoms with Gasteiger partial charge in [-0.3, -0.25) is 4.79 Å². The third-order valence-electron chi connectivity index (χ3n) is 3.36. The van der Waals surface area contributed by atoms with Gasteiger partial charge in [0.05, 0.1) is 12.3 Å². The lowest BCUT2D eigenvalue weighted by atomic mass is 10.2. The van der Waals surface area contributed by atoms with E-state index in [1.54, 1.807) is 6.07 Å². The second-order valence-corrected chi connectivity index (χ2v) is 5.69. The van der Waals surface area contributed by atoms with E-state index in [1.807, 2.05) is 51.1 Å². The molecule has 3 aromatic rings. The summed E-state index contributed by atoms with van der Waals surface area (Å²) in [5, 5.41) is 4.79. The highest BCUT2D eigenvalue weighted by atomic mass is 16.5. The normalized spacial score (nSPS) is 11.5. The molecule has 0 saturated carbocycles. The SMILES string of the molecule is Cc1ccc(C=NNC(=O)c2[nH]c3ccccc3c2OC(C)C)o1. The average Bonchev–Trinajstić information content (AvgIpc) is 3.11. The van der Waals surface area contributed by atoms with Crippen molar-refractivity contribution in [2.24, 2.45) is 5.10 Å². The van der Waals surface area contributed by atoms with Gasteiger partial charge in [0, 0.05) is 10.9 Å². The first-order valence-corrected chi connectivity index (χ1v) is 7.72. The van der Waals surface area contributed by atoms with Crippen molar-refractivity contribution < 1.29 is 13.9 Å². The first kappa shape index (κ1) is 15.9. The summed E-state index contributed by atoms with van der Waals surface area (Å²) in [4.78, 5) is 15.5. The lowest BCUT2D eigenvalue weighted by Gasteiger charge is -2.10. The van der Waals surface area contributed by atoms with Crippen LogP contribution in [0.2, 0.25) is 0 Å². The average molecular weight is 325 g/mol. The summed E-state index contributed by atoms with van der Waals surface area (Å²) in [5.41, 5.74) is 3.67. The number of hydrazone groups is 1. The Hall–Kier alpha value is -3.02. The Bertz CT molecular complexity index is 890. The summed E-state index contributed by atoms with van der Waals surface area (Å²) in [6.45, 7) is 5.68. The topological polar surface area (TPSA) is 79.6 Å². The first-order chi connectivity index (χ1) is 11.5. The van der Waals surface area contributed by atoms with Crippen molar-refractivity contribution in [3.63, 3.8) is 0 Å². The zero-order valence-corrected chi connectivity index (χ0v) is 13.8. The molecular weight excluding hydrogens is 306 g/mol. The number of ether oxygens (including phenoxy) is 1. The first-order valence-electron chi connectivity index (χ1n) is 7.72. The molecule has 124 valence electrons. The van der Waals surface area contributed by atoms with Gasteiger partial charge < -0.3 is 14.1 Å². The van der Waals surface area contributed by atoms with E-state index in [9.17, 15) is 4.79 Å². The van der Waals surface area contributed by atoms with Gasteiger partial charge in [0.25, 0.3) is 5.91 Å². The molecule has 24 heavy (non-hydrogen) atoms. The predicted molar refractivity (Wildman–Crippen MR) is 92.6 cm³/mol. The minimum Gasteiger partial charge on any atom is -0.488 e. The van der Waals surface area contributed by atoms with E-state index in [4.69, 9.17) is 9.15 Å². The Morgan fingerprint density at radius 3 is 2.79 bits per heavy atom. The lowest BCUT2D eigenvalue weighted by Crippen LogP contribution is -2.20. The minimum atomic E-state index is -0.374. The van der Waals surface area contributed by atoms with Crippen LogP contribution in [0.5, 0.6) is 5.75 Å². The molecule has 0 aliphatic heterocycles. The fourth-order valence-corrected chi connectivity index (χ4v) is 2.37. The highest BCUT2D eigenvalue weighted by Crippen LogP contribution is 2.30. The number of para-hydroxylation sites is 1. The van der Waals surface area contributed by atoms with Crippen LogP contribution in [0.15, 0.2) is 45.9 Å². The third-order valence-corrected chi connectivity index (χ3v) is 3.36. The molecule has 0 fully saturated rings. The molecule has 3 rings (SSSR count). The number of rotatable bonds is 5. The van der Waals surface area contributed by atoms with E-state index in [1.165, 1.54) is 6.21 Å². The Balaban J connectivity index is 1.84. The monoisotopic (exact) mass is 325 g/mol. The molecule has 2 N–H and O–H groups in total. The zero-order chi connectivity index (χ0) is 17.1. The molecule has 0 radical (unpaired) electrons. The van der Waals surface area contributed by atoms with Crippen molar-refractivity contribution in [3.05, 3.63) is 53.6 Å². The molecule has 1 amide bonds. The van der Waals surface area contributed by atoms with Crippen molar-refractivity contribution in [2.45, 2.75) is 26.9 Å². The van der Waals surface area contributed by atoms with Crippen LogP contribution in [0.25, 0.3) is 10.9 Å². The van der Waals surface area contributed by atoms with Gasteiger partial charge >= 0.3 is 0 Å². The second kappa shape index (κ2) is 6.62. The van der Waals surface area contributed by atoms with E-state index in [2.05, 4.69) is 15.5 Å². The number of hydrogen-bond acceptors (Lipinski definition) is 4. The summed E-state index contributed by atoms with van der Waals surface area (Å²) in [6.07, 6.45) is 1.40. The van der Waals surface area contributed by atoms with Crippen LogP contribution in [0.4, 0.5) is 0 Å². The van der Waals surface area contributed by atoms with Crippen molar-refractivity contribution in [2.75, 3.05) is 0 Å². The second-order valence-electron chi connectivity index (χ2n) is 5.69. The van der Waals surface area contributed by atoms with E-state index in [0.717, 1.165) is 16.7 Å². The number of aromatic nitrogens is 1. The van der Waals surface area contributed by atoms with Crippen LogP contribution < -0.4 is 10.2 Å². The third kappa shape index (κ3) is 3.32. The molecule has 0 unspecified atom stereocenters. The number of nitrogens with one attached hydrogen (secondary N) is 2. The van der Waals surface area contributed by atoms with Crippen molar-refractivity contribution >= 4 is 23.0 Å². The number of carbonyl (C=O) groups excluding carboxylic acids is 1. The highest BCUT2D eigenvalue weighted by Gasteiger charge is 2.19. The number of H-pyrrole nitrogens is 1. The van der Waals surface area contributed by atoms with E-state index >= 15 is 0 Å². The molecule has 0 spiro atoms. The van der Waals surface area contributed by atoms with Gasteiger partial charge in [0.1, 0.15) is 17.2 Å². The Morgan fingerprint density at radius 1 is 1.29 bits per heavy atom. The van der Waals surface area contributed by atoms with Gasteiger partial charge in [0.15, 0.2) is 5.75 Å².